The van der Waals surface area contributed by atoms with E-state index < -0.39 is 33.9 Å². The predicted molar refractivity (Wildman–Crippen MR) is 163 cm³/mol. The van der Waals surface area contributed by atoms with Crippen molar-refractivity contribution in [3.05, 3.63) is 112 Å². The normalized spacial score (nSPS) is 17.0. The number of amides is 2. The molecule has 2 amide bonds. The molecule has 2 heterocycles. The Labute approximate surface area is 255 Å². The molecule has 0 spiro atoms. The number of carbonyl (C=O) groups excluding carboxylic acids is 2. The van der Waals surface area contributed by atoms with Gasteiger partial charge in [-0.05, 0) is 48.5 Å². The number of benzene rings is 3. The van der Waals surface area contributed by atoms with E-state index in [1.165, 1.54) is 6.26 Å². The van der Waals surface area contributed by atoms with Crippen molar-refractivity contribution in [3.63, 3.8) is 0 Å². The molecule has 0 aliphatic carbocycles. The molecular formula is C31H32ClN5O5S. The Morgan fingerprint density at radius 2 is 1.79 bits per heavy atom. The summed E-state index contributed by atoms with van der Waals surface area (Å²) in [7, 11) is -1.51. The van der Waals surface area contributed by atoms with E-state index in [1.54, 1.807) is 80.2 Å². The second kappa shape index (κ2) is 12.6. The lowest BCUT2D eigenvalue weighted by atomic mass is 9.87. The van der Waals surface area contributed by atoms with Crippen molar-refractivity contribution in [1.82, 2.24) is 20.2 Å². The van der Waals surface area contributed by atoms with Crippen LogP contribution in [0.1, 0.15) is 45.1 Å². The highest BCUT2D eigenvalue weighted by Gasteiger charge is 2.34. The number of rotatable bonds is 10. The molecule has 3 atom stereocenters. The van der Waals surface area contributed by atoms with Gasteiger partial charge in [0.05, 0.1) is 16.8 Å². The molecule has 0 radical (unpaired) electrons. The van der Waals surface area contributed by atoms with Crippen LogP contribution in [0.5, 0.6) is 5.75 Å². The number of sulfone groups is 1. The first-order chi connectivity index (χ1) is 20.5. The van der Waals surface area contributed by atoms with Gasteiger partial charge in [0.15, 0.2) is 16.1 Å². The Morgan fingerprint density at radius 1 is 1.09 bits per heavy atom. The molecule has 1 aromatic heterocycles. The molecule has 0 fully saturated rings. The fourth-order valence-electron chi connectivity index (χ4n) is 5.23. The summed E-state index contributed by atoms with van der Waals surface area (Å²) in [6.45, 7) is 0.474. The van der Waals surface area contributed by atoms with Crippen LogP contribution >= 0.6 is 11.6 Å². The summed E-state index contributed by atoms with van der Waals surface area (Å²) in [4.78, 5) is 30.5. The number of fused-ring (bicyclic) bond motifs is 1. The highest BCUT2D eigenvalue weighted by atomic mass is 35.5. The minimum Gasteiger partial charge on any atom is -0.474 e. The molecule has 3 aromatic carbocycles. The summed E-state index contributed by atoms with van der Waals surface area (Å²) in [6.07, 6.45) is 5.09. The van der Waals surface area contributed by atoms with Gasteiger partial charge >= 0.3 is 0 Å². The highest BCUT2D eigenvalue weighted by molar-refractivity contribution is 7.90. The van der Waals surface area contributed by atoms with Crippen LogP contribution in [-0.4, -0.2) is 55.4 Å². The predicted octanol–water partition coefficient (Wildman–Crippen LogP) is 3.27. The molecule has 4 N–H and O–H groups in total. The van der Waals surface area contributed by atoms with E-state index in [9.17, 15) is 18.0 Å². The van der Waals surface area contributed by atoms with Gasteiger partial charge in [0.1, 0.15) is 11.8 Å². The lowest BCUT2D eigenvalue weighted by Crippen LogP contribution is -2.46. The zero-order valence-electron chi connectivity index (χ0n) is 23.7. The van der Waals surface area contributed by atoms with E-state index in [4.69, 9.17) is 22.1 Å². The maximum Gasteiger partial charge on any atom is 0.255 e. The molecular weight excluding hydrogens is 590 g/mol. The first-order valence-corrected chi connectivity index (χ1v) is 15.9. The van der Waals surface area contributed by atoms with Crippen molar-refractivity contribution >= 4 is 33.3 Å². The van der Waals surface area contributed by atoms with Crippen LogP contribution in [0.15, 0.2) is 84.1 Å². The number of aromatic nitrogens is 2. The SMILES string of the molecule is CNC1CC(c2cncn2Cc2ccc(S(C)(=O)=O)cc2)c2cccc(C(=O)N[C@@H](Cc3ccc(Cl)cc3)C(N)=O)c2O1. The fourth-order valence-corrected chi connectivity index (χ4v) is 5.99. The number of nitrogens with two attached hydrogens (primary N) is 1. The summed E-state index contributed by atoms with van der Waals surface area (Å²) in [5.41, 5.74) is 9.37. The zero-order chi connectivity index (χ0) is 30.7. The van der Waals surface area contributed by atoms with Crippen molar-refractivity contribution in [1.29, 1.82) is 0 Å². The molecule has 10 nitrogen and oxygen atoms in total. The maximum atomic E-state index is 13.6. The number of hydrogen-bond acceptors (Lipinski definition) is 7. The van der Waals surface area contributed by atoms with Gasteiger partial charge in [-0.2, -0.15) is 0 Å². The molecule has 12 heteroatoms. The number of carbonyl (C=O) groups is 2. The topological polar surface area (TPSA) is 145 Å². The zero-order valence-corrected chi connectivity index (χ0v) is 25.2. The first-order valence-electron chi connectivity index (χ1n) is 13.6. The number of nitrogens with one attached hydrogen (secondary N) is 2. The van der Waals surface area contributed by atoms with Gasteiger partial charge in [0.2, 0.25) is 5.91 Å². The van der Waals surface area contributed by atoms with Gasteiger partial charge in [-0.1, -0.05) is 48.0 Å². The Morgan fingerprint density at radius 3 is 2.44 bits per heavy atom. The van der Waals surface area contributed by atoms with E-state index >= 15 is 0 Å². The number of hydrogen-bond donors (Lipinski definition) is 3. The lowest BCUT2D eigenvalue weighted by molar-refractivity contribution is -0.119. The lowest BCUT2D eigenvalue weighted by Gasteiger charge is -2.33. The van der Waals surface area contributed by atoms with Crippen molar-refractivity contribution in [2.24, 2.45) is 5.73 Å². The average Bonchev–Trinajstić information content (AvgIpc) is 3.44. The number of ether oxygens (including phenoxy) is 1. The third-order valence-electron chi connectivity index (χ3n) is 7.51. The molecule has 224 valence electrons. The second-order valence-electron chi connectivity index (χ2n) is 10.5. The summed E-state index contributed by atoms with van der Waals surface area (Å²) in [5.74, 6) is -0.902. The van der Waals surface area contributed by atoms with Crippen LogP contribution in [0.4, 0.5) is 0 Å². The minimum absolute atomic E-state index is 0.173. The quantitative estimate of drug-likeness (QED) is 0.246. The highest BCUT2D eigenvalue weighted by Crippen LogP contribution is 2.42. The van der Waals surface area contributed by atoms with E-state index in [0.717, 1.165) is 22.4 Å². The smallest absolute Gasteiger partial charge is 0.255 e. The molecule has 5 rings (SSSR count). The minimum atomic E-state index is -3.29. The van der Waals surface area contributed by atoms with E-state index in [0.29, 0.717) is 23.7 Å². The van der Waals surface area contributed by atoms with Crippen LogP contribution in [-0.2, 0) is 27.6 Å². The molecule has 1 aliphatic rings. The van der Waals surface area contributed by atoms with Gasteiger partial charge in [0.25, 0.3) is 5.91 Å². The molecule has 0 bridgehead atoms. The second-order valence-corrected chi connectivity index (χ2v) is 13.0. The van der Waals surface area contributed by atoms with Gasteiger partial charge in [0, 0.05) is 54.0 Å². The Balaban J connectivity index is 1.43. The monoisotopic (exact) mass is 621 g/mol. The van der Waals surface area contributed by atoms with Crippen molar-refractivity contribution in [2.45, 2.75) is 42.5 Å². The molecule has 1 aliphatic heterocycles. The maximum absolute atomic E-state index is 13.6. The summed E-state index contributed by atoms with van der Waals surface area (Å²) in [6, 6.07) is 18.2. The summed E-state index contributed by atoms with van der Waals surface area (Å²) < 4.78 is 32.0. The number of halogens is 1. The molecule has 43 heavy (non-hydrogen) atoms. The molecule has 0 saturated heterocycles. The number of nitrogens with zero attached hydrogens (tertiary/aromatic N) is 2. The Bertz CT molecular complexity index is 1740. The van der Waals surface area contributed by atoms with Crippen molar-refractivity contribution in [2.75, 3.05) is 13.3 Å². The van der Waals surface area contributed by atoms with Gasteiger partial charge < -0.3 is 20.4 Å². The fraction of sp³-hybridized carbons (Fsp3) is 0.258. The Hall–Kier alpha value is -4.19. The first kappa shape index (κ1) is 30.3. The van der Waals surface area contributed by atoms with Gasteiger partial charge in [-0.3, -0.25) is 14.9 Å². The van der Waals surface area contributed by atoms with Gasteiger partial charge in [-0.25, -0.2) is 13.4 Å². The number of primary amides is 1. The largest absolute Gasteiger partial charge is 0.474 e. The van der Waals surface area contributed by atoms with E-state index in [-0.39, 0.29) is 22.8 Å². The van der Waals surface area contributed by atoms with Gasteiger partial charge in [-0.15, -0.1) is 0 Å². The summed E-state index contributed by atoms with van der Waals surface area (Å²) in [5, 5.41) is 6.51. The molecule has 2 unspecified atom stereocenters. The van der Waals surface area contributed by atoms with Crippen LogP contribution in [0.25, 0.3) is 0 Å². The molecule has 0 saturated carbocycles. The van der Waals surface area contributed by atoms with Crippen LogP contribution < -0.4 is 21.1 Å². The number of imidazole rings is 1. The number of para-hydroxylation sites is 1. The van der Waals surface area contributed by atoms with Crippen LogP contribution in [0, 0.1) is 0 Å². The van der Waals surface area contributed by atoms with Crippen molar-refractivity contribution < 1.29 is 22.7 Å². The Kier molecular flexibility index (Phi) is 8.86. The third-order valence-corrected chi connectivity index (χ3v) is 8.89. The van der Waals surface area contributed by atoms with E-state index in [1.807, 2.05) is 10.6 Å². The van der Waals surface area contributed by atoms with Crippen LogP contribution in [0.3, 0.4) is 0 Å². The van der Waals surface area contributed by atoms with Crippen molar-refractivity contribution in [3.8, 4) is 5.75 Å². The van der Waals surface area contributed by atoms with E-state index in [2.05, 4.69) is 15.6 Å². The molecule has 4 aromatic rings. The standard InChI is InChI=1S/C31H32ClN5O5S/c1-34-28-15-25(27-16-35-18-37(27)17-20-8-12-22(13-9-20)43(2,40)41)23-4-3-5-24(29(23)42-28)31(39)36-26(30(33)38)14-19-6-10-21(32)11-7-19/h3-13,16,18,25-26,28,34H,14-15,17H2,1-2H3,(H2,33,38)(H,36,39)/t25?,26-,28?/m0/s1. The third kappa shape index (κ3) is 6.90. The van der Waals surface area contributed by atoms with Crippen LogP contribution in [0.2, 0.25) is 5.02 Å². The summed E-state index contributed by atoms with van der Waals surface area (Å²) >= 11 is 5.98. The average molecular weight is 622 g/mol.